The second-order valence-electron chi connectivity index (χ2n) is 7.70. The summed E-state index contributed by atoms with van der Waals surface area (Å²) in [5, 5.41) is 2.85. The number of nitrogens with zero attached hydrogens (tertiary/aromatic N) is 1. The maximum atomic E-state index is 12.6. The molecule has 8 heteroatoms. The van der Waals surface area contributed by atoms with Gasteiger partial charge in [0.25, 0.3) is 0 Å². The van der Waals surface area contributed by atoms with Gasteiger partial charge in [0.05, 0.1) is 12.9 Å². The van der Waals surface area contributed by atoms with Crippen molar-refractivity contribution in [2.75, 3.05) is 12.4 Å². The molecule has 0 bridgehead atoms. The number of methoxy groups -OCH3 is 1. The number of pyridine rings is 1. The number of urea groups is 1. The van der Waals surface area contributed by atoms with Crippen molar-refractivity contribution in [3.63, 3.8) is 0 Å². The van der Waals surface area contributed by atoms with Crippen LogP contribution in [-0.2, 0) is 41.5 Å². The first kappa shape index (κ1) is 19.7. The van der Waals surface area contributed by atoms with Gasteiger partial charge in [-0.05, 0) is 78.8 Å². The highest BCUT2D eigenvalue weighted by molar-refractivity contribution is 7.89. The molecule has 2 aliphatic carbocycles. The highest BCUT2D eigenvalue weighted by Crippen LogP contribution is 2.38. The van der Waals surface area contributed by atoms with E-state index in [1.807, 2.05) is 0 Å². The molecule has 4 rings (SSSR count). The molecule has 0 unspecified atom stereocenters. The number of carbonyl (C=O) groups is 1. The first-order valence-corrected chi connectivity index (χ1v) is 11.5. The monoisotopic (exact) mass is 415 g/mol. The van der Waals surface area contributed by atoms with Gasteiger partial charge in [0.2, 0.25) is 15.9 Å². The molecule has 0 saturated heterocycles. The highest BCUT2D eigenvalue weighted by atomic mass is 32.2. The van der Waals surface area contributed by atoms with Crippen molar-refractivity contribution in [3.8, 4) is 5.88 Å². The number of aryl methyl sites for hydroxylation is 3. The predicted octanol–water partition coefficient (Wildman–Crippen LogP) is 3.03. The van der Waals surface area contributed by atoms with E-state index in [4.69, 9.17) is 4.74 Å². The summed E-state index contributed by atoms with van der Waals surface area (Å²) in [6.45, 7) is 1.78. The number of anilines is 1. The fourth-order valence-electron chi connectivity index (χ4n) is 4.31. The number of aromatic nitrogens is 1. The van der Waals surface area contributed by atoms with Crippen LogP contribution in [0, 0.1) is 6.92 Å². The Kier molecular flexibility index (Phi) is 5.21. The number of rotatable bonds is 5. The third-order valence-corrected chi connectivity index (χ3v) is 6.90. The second kappa shape index (κ2) is 7.67. The van der Waals surface area contributed by atoms with Crippen LogP contribution in [0.2, 0.25) is 0 Å². The lowest BCUT2D eigenvalue weighted by Gasteiger charge is -2.17. The number of benzene rings is 1. The molecule has 0 atom stereocenters. The van der Waals surface area contributed by atoms with E-state index in [2.05, 4.69) is 21.1 Å². The number of amides is 2. The molecule has 2 aromatic rings. The van der Waals surface area contributed by atoms with Gasteiger partial charge in [-0.25, -0.2) is 22.9 Å². The van der Waals surface area contributed by atoms with Crippen molar-refractivity contribution < 1.29 is 17.9 Å². The van der Waals surface area contributed by atoms with E-state index in [1.54, 1.807) is 13.0 Å². The largest absolute Gasteiger partial charge is 0.481 e. The van der Waals surface area contributed by atoms with Crippen LogP contribution in [0.1, 0.15) is 46.2 Å². The van der Waals surface area contributed by atoms with E-state index in [9.17, 15) is 13.2 Å². The number of carbonyl (C=O) groups excluding carboxylic acids is 1. The van der Waals surface area contributed by atoms with Gasteiger partial charge >= 0.3 is 6.03 Å². The standard InChI is InChI=1S/C21H25N3O4S/c1-13-9-19(28-2)22-11-16(13)12-29(26,27)24-21(25)23-20-17-7-3-5-14(17)10-15-6-4-8-18(15)20/h9-11H,3-8,12H2,1-2H3,(H2,23,24,25). The molecule has 29 heavy (non-hydrogen) atoms. The van der Waals surface area contributed by atoms with Crippen LogP contribution in [0.3, 0.4) is 0 Å². The normalized spacial score (nSPS) is 15.0. The molecule has 2 amide bonds. The summed E-state index contributed by atoms with van der Waals surface area (Å²) in [5.41, 5.74) is 6.96. The van der Waals surface area contributed by atoms with Gasteiger partial charge in [-0.2, -0.15) is 0 Å². The number of fused-ring (bicyclic) bond motifs is 2. The fourth-order valence-corrected chi connectivity index (χ4v) is 5.43. The molecule has 1 aromatic carbocycles. The van der Waals surface area contributed by atoms with Crippen molar-refractivity contribution in [2.45, 2.75) is 51.2 Å². The predicted molar refractivity (Wildman–Crippen MR) is 111 cm³/mol. The van der Waals surface area contributed by atoms with Crippen molar-refractivity contribution in [1.29, 1.82) is 0 Å². The summed E-state index contributed by atoms with van der Waals surface area (Å²) in [4.78, 5) is 16.6. The van der Waals surface area contributed by atoms with Gasteiger partial charge in [0.1, 0.15) is 0 Å². The van der Waals surface area contributed by atoms with Crippen LogP contribution in [0.25, 0.3) is 0 Å². The maximum Gasteiger partial charge on any atom is 0.332 e. The molecule has 0 aliphatic heterocycles. The van der Waals surface area contributed by atoms with Gasteiger partial charge in [-0.15, -0.1) is 0 Å². The highest BCUT2D eigenvalue weighted by Gasteiger charge is 2.26. The molecule has 1 aromatic heterocycles. The van der Waals surface area contributed by atoms with Crippen LogP contribution in [0.5, 0.6) is 5.88 Å². The molecular weight excluding hydrogens is 390 g/mol. The fraction of sp³-hybridized carbons (Fsp3) is 0.429. The quantitative estimate of drug-likeness (QED) is 0.782. The third-order valence-electron chi connectivity index (χ3n) is 5.71. The van der Waals surface area contributed by atoms with E-state index >= 15 is 0 Å². The lowest BCUT2D eigenvalue weighted by molar-refractivity contribution is 0.256. The summed E-state index contributed by atoms with van der Waals surface area (Å²) in [7, 11) is -2.37. The van der Waals surface area contributed by atoms with E-state index in [1.165, 1.54) is 24.4 Å². The van der Waals surface area contributed by atoms with Crippen LogP contribution in [-0.4, -0.2) is 26.5 Å². The number of hydrogen-bond acceptors (Lipinski definition) is 5. The molecule has 154 valence electrons. The summed E-state index contributed by atoms with van der Waals surface area (Å²) < 4.78 is 32.3. The topological polar surface area (TPSA) is 97.4 Å². The van der Waals surface area contributed by atoms with E-state index in [-0.39, 0.29) is 5.75 Å². The number of sulfonamides is 1. The van der Waals surface area contributed by atoms with E-state index in [0.29, 0.717) is 11.4 Å². The second-order valence-corrected chi connectivity index (χ2v) is 9.42. The van der Waals surface area contributed by atoms with Gasteiger partial charge in [-0.3, -0.25) is 0 Å². The zero-order valence-electron chi connectivity index (χ0n) is 16.7. The number of nitrogens with one attached hydrogen (secondary N) is 2. The summed E-state index contributed by atoms with van der Waals surface area (Å²) in [6, 6.07) is 3.23. The molecule has 2 aliphatic rings. The van der Waals surface area contributed by atoms with Crippen LogP contribution >= 0.6 is 0 Å². The molecule has 0 radical (unpaired) electrons. The van der Waals surface area contributed by atoms with Crippen molar-refractivity contribution >= 4 is 21.7 Å². The van der Waals surface area contributed by atoms with Crippen molar-refractivity contribution in [1.82, 2.24) is 9.71 Å². The minimum atomic E-state index is -3.87. The molecular formula is C21H25N3O4S. The van der Waals surface area contributed by atoms with Crippen molar-refractivity contribution in [3.05, 3.63) is 51.7 Å². The Hall–Kier alpha value is -2.61. The Balaban J connectivity index is 1.50. The molecule has 0 saturated carbocycles. The van der Waals surface area contributed by atoms with Crippen LogP contribution in [0.15, 0.2) is 18.3 Å². The van der Waals surface area contributed by atoms with Gasteiger partial charge in [0.15, 0.2) is 0 Å². The zero-order chi connectivity index (χ0) is 20.6. The van der Waals surface area contributed by atoms with Crippen LogP contribution in [0.4, 0.5) is 10.5 Å². The lowest BCUT2D eigenvalue weighted by atomic mass is 9.99. The SMILES string of the molecule is COc1cc(C)c(CS(=O)(=O)NC(=O)Nc2c3c(cc4c2CCC4)CCC3)cn1. The first-order chi connectivity index (χ1) is 13.9. The molecule has 7 nitrogen and oxygen atoms in total. The van der Waals surface area contributed by atoms with Gasteiger partial charge in [-0.1, -0.05) is 6.07 Å². The number of hydrogen-bond donors (Lipinski definition) is 2. The Morgan fingerprint density at radius 3 is 2.34 bits per heavy atom. The average Bonchev–Trinajstić information content (AvgIpc) is 3.31. The minimum Gasteiger partial charge on any atom is -0.481 e. The summed E-state index contributed by atoms with van der Waals surface area (Å²) >= 11 is 0. The maximum absolute atomic E-state index is 12.6. The Bertz CT molecular complexity index is 1050. The van der Waals surface area contributed by atoms with E-state index in [0.717, 1.165) is 60.9 Å². The lowest BCUT2D eigenvalue weighted by Crippen LogP contribution is -2.35. The summed E-state index contributed by atoms with van der Waals surface area (Å²) in [5.74, 6) is 0.0926. The van der Waals surface area contributed by atoms with Crippen molar-refractivity contribution in [2.24, 2.45) is 0 Å². The molecule has 1 heterocycles. The van der Waals surface area contributed by atoms with Gasteiger partial charge in [0, 0.05) is 18.0 Å². The summed E-state index contributed by atoms with van der Waals surface area (Å²) in [6.07, 6.45) is 7.46. The zero-order valence-corrected chi connectivity index (χ0v) is 17.5. The Labute approximate surface area is 170 Å². The smallest absolute Gasteiger partial charge is 0.332 e. The minimum absolute atomic E-state index is 0.325. The first-order valence-electron chi connectivity index (χ1n) is 9.84. The van der Waals surface area contributed by atoms with Gasteiger partial charge < -0.3 is 10.1 Å². The Morgan fingerprint density at radius 2 is 1.76 bits per heavy atom. The van der Waals surface area contributed by atoms with E-state index < -0.39 is 16.1 Å². The third kappa shape index (κ3) is 4.07. The number of ether oxygens (including phenoxy) is 1. The van der Waals surface area contributed by atoms with Crippen LogP contribution < -0.4 is 14.8 Å². The molecule has 2 N–H and O–H groups in total. The Morgan fingerprint density at radius 1 is 1.10 bits per heavy atom. The molecule has 0 spiro atoms. The molecule has 0 fully saturated rings. The average molecular weight is 416 g/mol.